The summed E-state index contributed by atoms with van der Waals surface area (Å²) in [6.45, 7) is 2.02. The van der Waals surface area contributed by atoms with E-state index < -0.39 is 0 Å². The topological polar surface area (TPSA) is 54.9 Å². The van der Waals surface area contributed by atoms with Crippen molar-refractivity contribution < 1.29 is 4.79 Å². The second-order valence-electron chi connectivity index (χ2n) is 8.06. The van der Waals surface area contributed by atoms with Crippen LogP contribution < -0.4 is 5.32 Å². The molecule has 0 atom stereocenters. The second kappa shape index (κ2) is 9.05. The number of benzene rings is 3. The van der Waals surface area contributed by atoms with E-state index in [2.05, 4.69) is 28.5 Å². The lowest BCUT2D eigenvalue weighted by molar-refractivity contribution is 0.102. The van der Waals surface area contributed by atoms with E-state index in [9.17, 15) is 4.79 Å². The molecule has 4 nitrogen and oxygen atoms in total. The molecule has 160 valence electrons. The fourth-order valence-electron chi connectivity index (χ4n) is 3.97. The van der Waals surface area contributed by atoms with E-state index in [1.807, 2.05) is 85.8 Å². The van der Waals surface area contributed by atoms with Crippen molar-refractivity contribution in [2.24, 2.45) is 0 Å². The van der Waals surface area contributed by atoms with Crippen LogP contribution in [0.25, 0.3) is 22.3 Å². The number of rotatable bonds is 5. The zero-order valence-corrected chi connectivity index (χ0v) is 18.3. The lowest BCUT2D eigenvalue weighted by Gasteiger charge is -2.14. The van der Waals surface area contributed by atoms with Crippen molar-refractivity contribution in [3.63, 3.8) is 0 Å². The number of hydrogen-bond acceptors (Lipinski definition) is 3. The van der Waals surface area contributed by atoms with Crippen molar-refractivity contribution in [1.29, 1.82) is 0 Å². The van der Waals surface area contributed by atoms with Crippen LogP contribution in [-0.4, -0.2) is 15.9 Å². The highest BCUT2D eigenvalue weighted by atomic mass is 16.1. The van der Waals surface area contributed by atoms with E-state index in [-0.39, 0.29) is 5.91 Å². The summed E-state index contributed by atoms with van der Waals surface area (Å²) in [4.78, 5) is 22.8. The molecular formula is C29H23N3O. The molecule has 0 radical (unpaired) electrons. The van der Waals surface area contributed by atoms with Gasteiger partial charge in [-0.05, 0) is 60.9 Å². The van der Waals surface area contributed by atoms with Crippen LogP contribution in [-0.2, 0) is 6.42 Å². The second-order valence-corrected chi connectivity index (χ2v) is 8.06. The SMILES string of the molecule is Cc1ccc2nc(-c3ccccn3)cc(C(=O)Nc3ccccc3Cc3ccccc3)c2c1. The minimum atomic E-state index is -0.161. The predicted molar refractivity (Wildman–Crippen MR) is 133 cm³/mol. The van der Waals surface area contributed by atoms with Gasteiger partial charge < -0.3 is 5.32 Å². The molecule has 2 heterocycles. The van der Waals surface area contributed by atoms with Crippen molar-refractivity contribution in [3.8, 4) is 11.4 Å². The van der Waals surface area contributed by atoms with Gasteiger partial charge in [0.05, 0.1) is 22.5 Å². The quantitative estimate of drug-likeness (QED) is 0.349. The Morgan fingerprint density at radius 1 is 0.818 bits per heavy atom. The van der Waals surface area contributed by atoms with E-state index in [0.29, 0.717) is 11.3 Å². The molecule has 1 amide bonds. The number of aromatic nitrogens is 2. The zero-order valence-electron chi connectivity index (χ0n) is 18.3. The summed E-state index contributed by atoms with van der Waals surface area (Å²) < 4.78 is 0. The monoisotopic (exact) mass is 429 g/mol. The zero-order chi connectivity index (χ0) is 22.6. The van der Waals surface area contributed by atoms with Crippen LogP contribution in [0.2, 0.25) is 0 Å². The van der Waals surface area contributed by atoms with Crippen LogP contribution in [0.5, 0.6) is 0 Å². The molecule has 2 aromatic heterocycles. The Balaban J connectivity index is 1.55. The molecule has 5 aromatic rings. The average molecular weight is 430 g/mol. The molecule has 1 N–H and O–H groups in total. The maximum Gasteiger partial charge on any atom is 0.256 e. The molecule has 33 heavy (non-hydrogen) atoms. The Morgan fingerprint density at radius 3 is 2.42 bits per heavy atom. The molecule has 4 heteroatoms. The molecule has 3 aromatic carbocycles. The van der Waals surface area contributed by atoms with Gasteiger partial charge in [-0.2, -0.15) is 0 Å². The maximum absolute atomic E-state index is 13.6. The van der Waals surface area contributed by atoms with Gasteiger partial charge in [0.1, 0.15) is 0 Å². The first-order valence-electron chi connectivity index (χ1n) is 10.9. The summed E-state index contributed by atoms with van der Waals surface area (Å²) in [6.07, 6.45) is 2.47. The number of carbonyl (C=O) groups excluding carboxylic acids is 1. The summed E-state index contributed by atoms with van der Waals surface area (Å²) in [5.74, 6) is -0.161. The average Bonchev–Trinajstić information content (AvgIpc) is 2.86. The first-order valence-corrected chi connectivity index (χ1v) is 10.9. The molecule has 0 saturated heterocycles. The van der Waals surface area contributed by atoms with E-state index in [1.165, 1.54) is 5.56 Å². The fourth-order valence-corrected chi connectivity index (χ4v) is 3.97. The number of fused-ring (bicyclic) bond motifs is 1. The highest BCUT2D eigenvalue weighted by Crippen LogP contribution is 2.27. The van der Waals surface area contributed by atoms with Crippen LogP contribution in [0, 0.1) is 6.92 Å². The summed E-state index contributed by atoms with van der Waals surface area (Å²) in [6, 6.07) is 31.7. The number of carbonyl (C=O) groups is 1. The third-order valence-corrected chi connectivity index (χ3v) is 5.64. The van der Waals surface area contributed by atoms with E-state index >= 15 is 0 Å². The van der Waals surface area contributed by atoms with Gasteiger partial charge in [-0.15, -0.1) is 0 Å². The number of aryl methyl sites for hydroxylation is 1. The summed E-state index contributed by atoms with van der Waals surface area (Å²) in [5, 5.41) is 3.98. The third-order valence-electron chi connectivity index (χ3n) is 5.64. The highest BCUT2D eigenvalue weighted by Gasteiger charge is 2.16. The van der Waals surface area contributed by atoms with Crippen molar-refractivity contribution >= 4 is 22.5 Å². The van der Waals surface area contributed by atoms with Crippen LogP contribution in [0.15, 0.2) is 103 Å². The first-order chi connectivity index (χ1) is 16.2. The van der Waals surface area contributed by atoms with Crippen molar-refractivity contribution in [2.75, 3.05) is 5.32 Å². The number of nitrogens with zero attached hydrogens (tertiary/aromatic N) is 2. The smallest absolute Gasteiger partial charge is 0.256 e. The Morgan fingerprint density at radius 2 is 1.61 bits per heavy atom. The molecule has 0 aliphatic carbocycles. The lowest BCUT2D eigenvalue weighted by Crippen LogP contribution is -2.14. The van der Waals surface area contributed by atoms with Gasteiger partial charge in [-0.1, -0.05) is 66.2 Å². The lowest BCUT2D eigenvalue weighted by atomic mass is 10.0. The van der Waals surface area contributed by atoms with E-state index in [1.54, 1.807) is 6.20 Å². The van der Waals surface area contributed by atoms with E-state index in [4.69, 9.17) is 4.98 Å². The van der Waals surface area contributed by atoms with Gasteiger partial charge in [0.15, 0.2) is 0 Å². The standard InChI is InChI=1S/C29H23N3O/c1-20-14-15-26-23(17-20)24(19-28(31-26)27-13-7-8-16-30-27)29(33)32-25-12-6-5-11-22(25)18-21-9-3-2-4-10-21/h2-17,19H,18H2,1H3,(H,32,33). The summed E-state index contributed by atoms with van der Waals surface area (Å²) in [7, 11) is 0. The summed E-state index contributed by atoms with van der Waals surface area (Å²) in [5.41, 5.74) is 6.91. The molecule has 0 fully saturated rings. The molecule has 5 rings (SSSR count). The third kappa shape index (κ3) is 4.51. The number of amides is 1. The van der Waals surface area contributed by atoms with Gasteiger partial charge in [-0.3, -0.25) is 9.78 Å². The van der Waals surface area contributed by atoms with Crippen molar-refractivity contribution in [1.82, 2.24) is 9.97 Å². The van der Waals surface area contributed by atoms with Crippen molar-refractivity contribution in [2.45, 2.75) is 13.3 Å². The summed E-state index contributed by atoms with van der Waals surface area (Å²) >= 11 is 0. The molecule has 0 aliphatic heterocycles. The van der Waals surface area contributed by atoms with Crippen LogP contribution in [0.1, 0.15) is 27.0 Å². The molecule has 0 unspecified atom stereocenters. The van der Waals surface area contributed by atoms with Crippen LogP contribution >= 0.6 is 0 Å². The van der Waals surface area contributed by atoms with Gasteiger partial charge in [0.25, 0.3) is 5.91 Å². The number of nitrogens with one attached hydrogen (secondary N) is 1. The first kappa shape index (κ1) is 20.6. The van der Waals surface area contributed by atoms with Crippen LogP contribution in [0.4, 0.5) is 5.69 Å². The molecule has 0 spiro atoms. The molecule has 0 saturated carbocycles. The number of hydrogen-bond donors (Lipinski definition) is 1. The van der Waals surface area contributed by atoms with Crippen molar-refractivity contribution in [3.05, 3.63) is 126 Å². The Bertz CT molecular complexity index is 1430. The Hall–Kier alpha value is -4.31. The van der Waals surface area contributed by atoms with Crippen LogP contribution in [0.3, 0.4) is 0 Å². The molecule has 0 bridgehead atoms. The molecular weight excluding hydrogens is 406 g/mol. The Kier molecular flexibility index (Phi) is 5.64. The van der Waals surface area contributed by atoms with Gasteiger partial charge in [0.2, 0.25) is 0 Å². The normalized spacial score (nSPS) is 10.8. The minimum absolute atomic E-state index is 0.161. The largest absolute Gasteiger partial charge is 0.322 e. The highest BCUT2D eigenvalue weighted by molar-refractivity contribution is 6.13. The minimum Gasteiger partial charge on any atom is -0.322 e. The molecule has 0 aliphatic rings. The maximum atomic E-state index is 13.6. The Labute approximate surface area is 193 Å². The van der Waals surface area contributed by atoms with Gasteiger partial charge >= 0.3 is 0 Å². The predicted octanol–water partition coefficient (Wildman–Crippen LogP) is 6.45. The number of para-hydroxylation sites is 1. The van der Waals surface area contributed by atoms with Gasteiger partial charge in [-0.25, -0.2) is 4.98 Å². The van der Waals surface area contributed by atoms with Gasteiger partial charge in [0, 0.05) is 17.3 Å². The van der Waals surface area contributed by atoms with E-state index in [0.717, 1.165) is 39.8 Å². The number of pyridine rings is 2. The fraction of sp³-hybridized carbons (Fsp3) is 0.0690. The number of anilines is 1.